The second-order valence-corrected chi connectivity index (χ2v) is 9.87. The van der Waals surface area contributed by atoms with E-state index in [9.17, 15) is 18.3 Å². The summed E-state index contributed by atoms with van der Waals surface area (Å²) in [5, 5.41) is 12.6. The number of amides is 1. The number of hydrogen-bond donors (Lipinski definition) is 2. The van der Waals surface area contributed by atoms with Gasteiger partial charge in [-0.05, 0) is 25.0 Å². The van der Waals surface area contributed by atoms with Crippen LogP contribution in [0, 0.1) is 0 Å². The van der Waals surface area contributed by atoms with Crippen LogP contribution in [-0.2, 0) is 14.8 Å². The molecule has 0 aromatic carbocycles. The van der Waals surface area contributed by atoms with Crippen molar-refractivity contribution in [1.82, 2.24) is 14.5 Å². The maximum absolute atomic E-state index is 12.7. The number of sulfonamides is 1. The van der Waals surface area contributed by atoms with E-state index in [1.165, 1.54) is 10.4 Å². The fraction of sp³-hybridized carbons (Fsp3) is 0.643. The molecule has 2 saturated heterocycles. The van der Waals surface area contributed by atoms with Gasteiger partial charge >= 0.3 is 0 Å². The van der Waals surface area contributed by atoms with E-state index < -0.39 is 16.1 Å². The van der Waals surface area contributed by atoms with E-state index in [0.717, 1.165) is 11.3 Å². The van der Waals surface area contributed by atoms with Crippen molar-refractivity contribution in [3.8, 4) is 0 Å². The largest absolute Gasteiger partial charge is 0.392 e. The summed E-state index contributed by atoms with van der Waals surface area (Å²) in [6.07, 6.45) is 0.496. The van der Waals surface area contributed by atoms with E-state index in [0.29, 0.717) is 43.4 Å². The molecular weight excluding hydrogens is 409 g/mol. The van der Waals surface area contributed by atoms with Crippen LogP contribution in [0.15, 0.2) is 16.3 Å². The Kier molecular flexibility index (Phi) is 7.11. The van der Waals surface area contributed by atoms with Crippen molar-refractivity contribution in [3.05, 3.63) is 16.5 Å². The van der Waals surface area contributed by atoms with Crippen molar-refractivity contribution in [2.45, 2.75) is 29.2 Å². The third-order valence-corrected chi connectivity index (χ3v) is 7.91. The summed E-state index contributed by atoms with van der Waals surface area (Å²) in [6, 6.07) is 2.71. The van der Waals surface area contributed by atoms with Crippen molar-refractivity contribution in [2.24, 2.45) is 0 Å². The standard InChI is InChI=1S/C14H20ClN3O4S2.ClH/c15-12-2-3-13(23-12)24(21,22)18-5-1-4-17(6-7-18)14(20)11-8-10(19)9-16-11;/h2-3,10-11,16,19H,1,4-9H2;1H. The predicted octanol–water partition coefficient (Wildman–Crippen LogP) is 0.769. The highest BCUT2D eigenvalue weighted by molar-refractivity contribution is 7.91. The summed E-state index contributed by atoms with van der Waals surface area (Å²) in [7, 11) is -3.57. The Morgan fingerprint density at radius 3 is 2.64 bits per heavy atom. The Balaban J connectivity index is 0.00000225. The van der Waals surface area contributed by atoms with Crippen molar-refractivity contribution in [2.75, 3.05) is 32.7 Å². The molecule has 11 heteroatoms. The molecule has 0 saturated carbocycles. The number of halogens is 2. The van der Waals surface area contributed by atoms with Gasteiger partial charge in [-0.3, -0.25) is 4.79 Å². The lowest BCUT2D eigenvalue weighted by atomic mass is 10.2. The minimum atomic E-state index is -3.57. The first kappa shape index (κ1) is 20.9. The molecule has 1 aromatic heterocycles. The molecule has 2 fully saturated rings. The maximum atomic E-state index is 12.7. The molecule has 1 aromatic rings. The first-order valence-corrected chi connectivity index (χ1v) is 10.5. The van der Waals surface area contributed by atoms with Crippen LogP contribution < -0.4 is 5.32 Å². The molecule has 142 valence electrons. The lowest BCUT2D eigenvalue weighted by Gasteiger charge is -2.24. The number of carbonyl (C=O) groups is 1. The van der Waals surface area contributed by atoms with Gasteiger partial charge in [-0.1, -0.05) is 11.6 Å². The highest BCUT2D eigenvalue weighted by Gasteiger charge is 2.34. The van der Waals surface area contributed by atoms with Gasteiger partial charge in [0.2, 0.25) is 5.91 Å². The van der Waals surface area contributed by atoms with Crippen LogP contribution in [0.25, 0.3) is 0 Å². The van der Waals surface area contributed by atoms with Gasteiger partial charge in [-0.2, -0.15) is 4.31 Å². The molecule has 2 aliphatic rings. The Morgan fingerprint density at radius 2 is 2.04 bits per heavy atom. The second kappa shape index (κ2) is 8.51. The molecule has 0 radical (unpaired) electrons. The molecular formula is C14H21Cl2N3O4S2. The molecule has 2 atom stereocenters. The zero-order valence-electron chi connectivity index (χ0n) is 13.4. The monoisotopic (exact) mass is 429 g/mol. The fourth-order valence-electron chi connectivity index (χ4n) is 3.04. The number of aliphatic hydroxyl groups is 1. The van der Waals surface area contributed by atoms with Crippen molar-refractivity contribution in [1.29, 1.82) is 0 Å². The average molecular weight is 430 g/mol. The highest BCUT2D eigenvalue weighted by Crippen LogP contribution is 2.28. The molecule has 0 aliphatic carbocycles. The first-order chi connectivity index (χ1) is 11.4. The van der Waals surface area contributed by atoms with Crippen molar-refractivity contribution in [3.63, 3.8) is 0 Å². The van der Waals surface area contributed by atoms with Crippen molar-refractivity contribution >= 4 is 51.3 Å². The Bertz CT molecular complexity index is 713. The van der Waals surface area contributed by atoms with Gasteiger partial charge in [-0.25, -0.2) is 8.42 Å². The number of thiophene rings is 1. The van der Waals surface area contributed by atoms with E-state index in [2.05, 4.69) is 5.32 Å². The van der Waals surface area contributed by atoms with Crippen LogP contribution >= 0.6 is 35.3 Å². The Hall–Kier alpha value is -0.420. The van der Waals surface area contributed by atoms with E-state index in [4.69, 9.17) is 11.6 Å². The number of nitrogens with zero attached hydrogens (tertiary/aromatic N) is 2. The topological polar surface area (TPSA) is 89.9 Å². The lowest BCUT2D eigenvalue weighted by molar-refractivity contribution is -0.133. The van der Waals surface area contributed by atoms with Gasteiger partial charge in [-0.15, -0.1) is 23.7 Å². The van der Waals surface area contributed by atoms with Gasteiger partial charge < -0.3 is 15.3 Å². The molecule has 0 spiro atoms. The second-order valence-electron chi connectivity index (χ2n) is 5.99. The highest BCUT2D eigenvalue weighted by atomic mass is 35.5. The molecule has 0 bridgehead atoms. The van der Waals surface area contributed by atoms with E-state index in [1.807, 2.05) is 0 Å². The summed E-state index contributed by atoms with van der Waals surface area (Å²) < 4.78 is 27.4. The van der Waals surface area contributed by atoms with Crippen LogP contribution in [0.1, 0.15) is 12.8 Å². The third-order valence-electron chi connectivity index (χ3n) is 4.31. The number of rotatable bonds is 3. The summed E-state index contributed by atoms with van der Waals surface area (Å²) in [5.74, 6) is -0.0648. The number of aliphatic hydroxyl groups excluding tert-OH is 1. The summed E-state index contributed by atoms with van der Waals surface area (Å²) in [4.78, 5) is 14.2. The quantitative estimate of drug-likeness (QED) is 0.740. The molecule has 2 aliphatic heterocycles. The van der Waals surface area contributed by atoms with Gasteiger partial charge in [0.15, 0.2) is 0 Å². The van der Waals surface area contributed by atoms with Crippen LogP contribution in [-0.4, -0.2) is 73.5 Å². The van der Waals surface area contributed by atoms with Gasteiger partial charge in [0.25, 0.3) is 10.0 Å². The molecule has 1 amide bonds. The predicted molar refractivity (Wildman–Crippen MR) is 98.9 cm³/mol. The maximum Gasteiger partial charge on any atom is 0.252 e. The molecule has 2 N–H and O–H groups in total. The van der Waals surface area contributed by atoms with Gasteiger partial charge in [0, 0.05) is 32.7 Å². The molecule has 7 nitrogen and oxygen atoms in total. The summed E-state index contributed by atoms with van der Waals surface area (Å²) in [6.45, 7) is 1.93. The first-order valence-electron chi connectivity index (χ1n) is 7.83. The minimum Gasteiger partial charge on any atom is -0.392 e. The third kappa shape index (κ3) is 4.65. The number of nitrogens with one attached hydrogen (secondary N) is 1. The van der Waals surface area contributed by atoms with Crippen LogP contribution in [0.5, 0.6) is 0 Å². The Labute approximate surface area is 162 Å². The minimum absolute atomic E-state index is 0. The van der Waals surface area contributed by atoms with Crippen molar-refractivity contribution < 1.29 is 18.3 Å². The van der Waals surface area contributed by atoms with Crippen LogP contribution in [0.3, 0.4) is 0 Å². The molecule has 3 rings (SSSR count). The summed E-state index contributed by atoms with van der Waals surface area (Å²) in [5.41, 5.74) is 0. The molecule has 25 heavy (non-hydrogen) atoms. The van der Waals surface area contributed by atoms with Crippen LogP contribution in [0.2, 0.25) is 4.34 Å². The normalized spacial score (nSPS) is 25.4. The Morgan fingerprint density at radius 1 is 1.28 bits per heavy atom. The van der Waals surface area contributed by atoms with Gasteiger partial charge in [0.1, 0.15) is 4.21 Å². The molecule has 2 unspecified atom stereocenters. The number of hydrogen-bond acceptors (Lipinski definition) is 6. The smallest absolute Gasteiger partial charge is 0.252 e. The van der Waals surface area contributed by atoms with Crippen LogP contribution in [0.4, 0.5) is 0 Å². The number of carbonyl (C=O) groups excluding carboxylic acids is 1. The summed E-state index contributed by atoms with van der Waals surface area (Å²) >= 11 is 6.88. The number of β-amino-alcohol motifs (C(OH)–C–C–N with tert-alkyl or cyclic N) is 1. The lowest BCUT2D eigenvalue weighted by Crippen LogP contribution is -2.45. The van der Waals surface area contributed by atoms with Gasteiger partial charge in [0.05, 0.1) is 16.5 Å². The van der Waals surface area contributed by atoms with E-state index in [1.54, 1.807) is 11.0 Å². The molecule has 3 heterocycles. The zero-order chi connectivity index (χ0) is 17.3. The van der Waals surface area contributed by atoms with E-state index in [-0.39, 0.29) is 35.1 Å². The zero-order valence-corrected chi connectivity index (χ0v) is 16.6. The average Bonchev–Trinajstić information content (AvgIpc) is 3.08. The fourth-order valence-corrected chi connectivity index (χ4v) is 6.15. The SMILES string of the molecule is Cl.O=C(C1CC(O)CN1)N1CCCN(S(=O)(=O)c2ccc(Cl)s2)CC1. The van der Waals surface area contributed by atoms with E-state index >= 15 is 0 Å².